The van der Waals surface area contributed by atoms with E-state index < -0.39 is 24.2 Å². The molecule has 0 amide bonds. The molecule has 182 valence electrons. The molecule has 1 atom stereocenters. The van der Waals surface area contributed by atoms with E-state index in [4.69, 9.17) is 30.6 Å². The monoisotopic (exact) mass is 459 g/mol. The van der Waals surface area contributed by atoms with E-state index in [9.17, 15) is 14.4 Å². The first-order chi connectivity index (χ1) is 15.1. The van der Waals surface area contributed by atoms with Crippen molar-refractivity contribution >= 4 is 17.9 Å². The van der Waals surface area contributed by atoms with Gasteiger partial charge in [0, 0.05) is 82.0 Å². The maximum Gasteiger partial charge on any atom is 0.329 e. The van der Waals surface area contributed by atoms with Gasteiger partial charge in [-0.1, -0.05) is 6.92 Å². The summed E-state index contributed by atoms with van der Waals surface area (Å²) < 4.78 is 0. The normalized spacial score (nSPS) is 16.6. The third-order valence-corrected chi connectivity index (χ3v) is 3.91. The van der Waals surface area contributed by atoms with Crippen molar-refractivity contribution < 1.29 is 45.0 Å². The number of carboxylic acid groups (broad SMARTS) is 3. The Labute approximate surface area is 186 Å². The van der Waals surface area contributed by atoms with Gasteiger partial charge in [-0.05, 0) is 6.42 Å². The number of carbonyl (C=O) groups is 3. The fourth-order valence-electron chi connectivity index (χ4n) is 1.56. The molecule has 0 aromatic rings. The Kier molecular flexibility index (Phi) is 15.0. The Morgan fingerprint density at radius 1 is 0.719 bits per heavy atom. The molecule has 3 fully saturated rings. The van der Waals surface area contributed by atoms with Crippen LogP contribution >= 0.6 is 0 Å². The predicted molar refractivity (Wildman–Crippen MR) is 114 cm³/mol. The summed E-state index contributed by atoms with van der Waals surface area (Å²) in [5.41, 5.74) is 0. The molecule has 3 saturated heterocycles. The number of aliphatic hydroxyl groups excluding tert-OH is 2. The summed E-state index contributed by atoms with van der Waals surface area (Å²) in [6.45, 7) is 7.66. The van der Waals surface area contributed by atoms with Crippen molar-refractivity contribution in [1.82, 2.24) is 14.7 Å². The van der Waals surface area contributed by atoms with Gasteiger partial charge in [0.05, 0.1) is 6.61 Å². The van der Waals surface area contributed by atoms with E-state index in [0.29, 0.717) is 6.42 Å². The zero-order chi connectivity index (χ0) is 24.5. The molecular weight excluding hydrogens is 426 g/mol. The quantitative estimate of drug-likeness (QED) is 0.141. The largest absolute Gasteiger partial charge is 0.478 e. The summed E-state index contributed by atoms with van der Waals surface area (Å²) in [7, 11) is 0. The lowest BCUT2D eigenvalue weighted by molar-refractivity contribution is -0.132. The molecule has 6 N–H and O–H groups in total. The number of aliphatic hydroxyl groups is 3. The molecule has 0 bridgehead atoms. The average molecular weight is 459 g/mol. The van der Waals surface area contributed by atoms with Crippen molar-refractivity contribution in [3.63, 3.8) is 0 Å². The summed E-state index contributed by atoms with van der Waals surface area (Å²) in [6.07, 6.45) is 7.42. The first-order valence-electron chi connectivity index (χ1n) is 10.0. The molecule has 12 nitrogen and oxygen atoms in total. The second-order valence-corrected chi connectivity index (χ2v) is 6.83. The van der Waals surface area contributed by atoms with Crippen molar-refractivity contribution in [2.24, 2.45) is 5.92 Å². The van der Waals surface area contributed by atoms with Gasteiger partial charge in [0.15, 0.2) is 6.29 Å². The molecule has 0 aliphatic carbocycles. The summed E-state index contributed by atoms with van der Waals surface area (Å²) in [5.74, 6) is -3.01. The van der Waals surface area contributed by atoms with Crippen LogP contribution in [0.15, 0.2) is 36.8 Å². The Balaban J connectivity index is 0.000000400. The van der Waals surface area contributed by atoms with Crippen LogP contribution < -0.4 is 0 Å². The third-order valence-electron chi connectivity index (χ3n) is 3.91. The summed E-state index contributed by atoms with van der Waals surface area (Å²) >= 11 is 0. The molecular formula is C20H33N3O9. The van der Waals surface area contributed by atoms with Crippen molar-refractivity contribution in [2.45, 2.75) is 19.6 Å². The highest BCUT2D eigenvalue weighted by Gasteiger charge is 2.12. The van der Waals surface area contributed by atoms with Gasteiger partial charge in [-0.25, -0.2) is 14.4 Å². The van der Waals surface area contributed by atoms with Gasteiger partial charge in [-0.2, -0.15) is 0 Å². The van der Waals surface area contributed by atoms with Gasteiger partial charge in [-0.3, -0.25) is 0 Å². The van der Waals surface area contributed by atoms with Gasteiger partial charge in [0.1, 0.15) is 0 Å². The Morgan fingerprint density at radius 2 is 1.00 bits per heavy atom. The molecule has 3 aliphatic rings. The molecule has 3 aliphatic heterocycles. The lowest BCUT2D eigenvalue weighted by Gasteiger charge is -2.12. The number of aliphatic carboxylic acids is 3. The molecule has 0 radical (unpaired) electrons. The molecule has 3 rings (SSSR count). The maximum atomic E-state index is 9.82. The van der Waals surface area contributed by atoms with Crippen LogP contribution in [0.4, 0.5) is 0 Å². The van der Waals surface area contributed by atoms with Crippen LogP contribution in [0.5, 0.6) is 0 Å². The summed E-state index contributed by atoms with van der Waals surface area (Å²) in [4.78, 5) is 35.2. The first kappa shape index (κ1) is 28.9. The highest BCUT2D eigenvalue weighted by atomic mass is 16.5. The fourth-order valence-corrected chi connectivity index (χ4v) is 1.56. The Hall–Kier alpha value is -3.09. The Bertz CT molecular complexity index is 573. The lowest BCUT2D eigenvalue weighted by atomic mass is 10.1. The summed E-state index contributed by atoms with van der Waals surface area (Å²) in [5, 5.41) is 49.4. The number of hydrogen-bond donors (Lipinski definition) is 6. The van der Waals surface area contributed by atoms with Crippen LogP contribution in [0.3, 0.4) is 0 Å². The standard InChI is InChI=1S/3C5H7NO2.C5H12O3/c3*7-5(8)1-2-6-3-4-6;1-2-4(3-6)5(7)8/h3*1-2H,3-4H2,(H,7,8);4-8H,2-3H2,1H3. The minimum atomic E-state index is -1.37. The second kappa shape index (κ2) is 16.6. The number of hydrogen-bond acceptors (Lipinski definition) is 9. The van der Waals surface area contributed by atoms with Crippen molar-refractivity contribution in [2.75, 3.05) is 45.9 Å². The SMILES string of the molecule is CCC(CO)C(O)O.O=C(O)C=CN1CC1.O=C(O)C=CN1CC1.O=C(O)C=CN1CC1. The van der Waals surface area contributed by atoms with E-state index in [-0.39, 0.29) is 12.5 Å². The zero-order valence-electron chi connectivity index (χ0n) is 18.0. The van der Waals surface area contributed by atoms with Gasteiger partial charge in [0.2, 0.25) is 0 Å². The van der Waals surface area contributed by atoms with Crippen LogP contribution in [-0.4, -0.2) is 115 Å². The van der Waals surface area contributed by atoms with Gasteiger partial charge in [0.25, 0.3) is 0 Å². The number of carboxylic acids is 3. The van der Waals surface area contributed by atoms with Crippen LogP contribution in [0, 0.1) is 5.92 Å². The second-order valence-electron chi connectivity index (χ2n) is 6.83. The molecule has 0 aromatic heterocycles. The van der Waals surface area contributed by atoms with Gasteiger partial charge in [-0.15, -0.1) is 0 Å². The smallest absolute Gasteiger partial charge is 0.329 e. The predicted octanol–water partition coefficient (Wildman–Crippen LogP) is -0.983. The topological polar surface area (TPSA) is 182 Å². The first-order valence-corrected chi connectivity index (χ1v) is 10.0. The lowest BCUT2D eigenvalue weighted by Crippen LogP contribution is -2.21. The third kappa shape index (κ3) is 21.6. The molecule has 3 heterocycles. The van der Waals surface area contributed by atoms with E-state index in [1.165, 1.54) is 0 Å². The van der Waals surface area contributed by atoms with Gasteiger partial charge >= 0.3 is 17.9 Å². The molecule has 0 spiro atoms. The fraction of sp³-hybridized carbons (Fsp3) is 0.550. The highest BCUT2D eigenvalue weighted by Crippen LogP contribution is 2.04. The maximum absolute atomic E-state index is 9.82. The van der Waals surface area contributed by atoms with Crippen molar-refractivity contribution in [3.8, 4) is 0 Å². The van der Waals surface area contributed by atoms with Gasteiger partial charge < -0.3 is 45.3 Å². The molecule has 12 heteroatoms. The average Bonchev–Trinajstić information content (AvgIpc) is 3.57. The Morgan fingerprint density at radius 3 is 1.09 bits per heavy atom. The summed E-state index contributed by atoms with van der Waals surface area (Å²) in [6, 6.07) is 0. The zero-order valence-corrected chi connectivity index (χ0v) is 18.0. The minimum absolute atomic E-state index is 0.159. The molecule has 32 heavy (non-hydrogen) atoms. The minimum Gasteiger partial charge on any atom is -0.478 e. The van der Waals surface area contributed by atoms with Crippen molar-refractivity contribution in [1.29, 1.82) is 0 Å². The van der Waals surface area contributed by atoms with Crippen molar-refractivity contribution in [3.05, 3.63) is 36.8 Å². The number of nitrogens with zero attached hydrogens (tertiary/aromatic N) is 3. The van der Waals surface area contributed by atoms with E-state index >= 15 is 0 Å². The highest BCUT2D eigenvalue weighted by molar-refractivity contribution is 5.80. The molecule has 1 unspecified atom stereocenters. The molecule has 0 saturated carbocycles. The number of rotatable bonds is 9. The van der Waals surface area contributed by atoms with E-state index in [1.807, 2.05) is 14.7 Å². The van der Waals surface area contributed by atoms with Crippen LogP contribution in [0.2, 0.25) is 0 Å². The van der Waals surface area contributed by atoms with E-state index in [1.54, 1.807) is 25.5 Å². The van der Waals surface area contributed by atoms with Crippen LogP contribution in [0.1, 0.15) is 13.3 Å². The van der Waals surface area contributed by atoms with Crippen LogP contribution in [-0.2, 0) is 14.4 Å². The van der Waals surface area contributed by atoms with E-state index in [0.717, 1.165) is 57.5 Å². The van der Waals surface area contributed by atoms with Crippen LogP contribution in [0.25, 0.3) is 0 Å². The van der Waals surface area contributed by atoms with E-state index in [2.05, 4.69) is 0 Å². The molecule has 0 aromatic carbocycles.